The highest BCUT2D eigenvalue weighted by Crippen LogP contribution is 2.14. The van der Waals surface area contributed by atoms with Crippen molar-refractivity contribution < 1.29 is 0 Å². The molecule has 5 aromatic rings. The van der Waals surface area contributed by atoms with Gasteiger partial charge in [-0.3, -0.25) is 0 Å². The van der Waals surface area contributed by atoms with E-state index in [9.17, 15) is 0 Å². The SMILES string of the molecule is CB(c1ccccc1)c1ccccc1.CC[Si](Cn1ccnc1)(c1ccccc1)c1ccccc1. The summed E-state index contributed by atoms with van der Waals surface area (Å²) in [5.41, 5.74) is 2.75. The van der Waals surface area contributed by atoms with E-state index >= 15 is 0 Å². The van der Waals surface area contributed by atoms with Gasteiger partial charge in [0, 0.05) is 18.6 Å². The van der Waals surface area contributed by atoms with Crippen LogP contribution in [0.4, 0.5) is 0 Å². The Kier molecular flexibility index (Phi) is 8.53. The predicted octanol–water partition coefficient (Wildman–Crippen LogP) is 4.63. The van der Waals surface area contributed by atoms with Crippen LogP contribution in [0.5, 0.6) is 0 Å². The summed E-state index contributed by atoms with van der Waals surface area (Å²) in [5, 5.41) is 2.99. The van der Waals surface area contributed by atoms with Crippen LogP contribution in [0.1, 0.15) is 6.92 Å². The van der Waals surface area contributed by atoms with Crippen molar-refractivity contribution in [2.45, 2.75) is 26.0 Å². The van der Waals surface area contributed by atoms with Crippen LogP contribution in [0, 0.1) is 0 Å². The van der Waals surface area contributed by atoms with Crippen LogP contribution in [0.3, 0.4) is 0 Å². The molecular weight excluding hydrogens is 439 g/mol. The van der Waals surface area contributed by atoms with Crippen molar-refractivity contribution in [3.8, 4) is 0 Å². The summed E-state index contributed by atoms with van der Waals surface area (Å²) in [7, 11) is -1.80. The Bertz CT molecular complexity index is 1170. The van der Waals surface area contributed by atoms with E-state index in [1.807, 2.05) is 12.5 Å². The molecule has 0 aliphatic heterocycles. The first-order valence-electron chi connectivity index (χ1n) is 12.4. The smallest absolute Gasteiger partial charge is 0.206 e. The second-order valence-electron chi connectivity index (χ2n) is 8.95. The normalized spacial score (nSPS) is 10.8. The standard InChI is InChI=1S/C18H20N2Si.C13H13B/c1-2-21(16-20-14-13-19-15-20,17-9-5-3-6-10-17)18-11-7-4-8-12-18;1-14(12-8-4-2-5-9-12)13-10-6-3-7-11-13/h3-15H,2,16H2,1H3;2-11H,1H3. The van der Waals surface area contributed by atoms with Crippen molar-refractivity contribution in [3.63, 3.8) is 0 Å². The molecule has 0 spiro atoms. The molecule has 0 saturated carbocycles. The lowest BCUT2D eigenvalue weighted by molar-refractivity contribution is 0.852. The Labute approximate surface area is 211 Å². The maximum absolute atomic E-state index is 4.21. The quantitative estimate of drug-likeness (QED) is 0.316. The predicted molar refractivity (Wildman–Crippen MR) is 154 cm³/mol. The third-order valence-corrected chi connectivity index (χ3v) is 11.9. The van der Waals surface area contributed by atoms with Crippen LogP contribution in [-0.2, 0) is 6.17 Å². The van der Waals surface area contributed by atoms with Crippen LogP contribution in [0.25, 0.3) is 0 Å². The summed E-state index contributed by atoms with van der Waals surface area (Å²) in [6.07, 6.45) is 6.91. The average molecular weight is 473 g/mol. The van der Waals surface area contributed by atoms with Crippen molar-refractivity contribution in [1.82, 2.24) is 9.55 Å². The summed E-state index contributed by atoms with van der Waals surface area (Å²) < 4.78 is 2.23. The largest absolute Gasteiger partial charge is 0.340 e. The van der Waals surface area contributed by atoms with Gasteiger partial charge in [-0.05, 0) is 0 Å². The molecule has 2 nitrogen and oxygen atoms in total. The number of nitrogens with zero attached hydrogens (tertiary/aromatic N) is 2. The zero-order valence-electron chi connectivity index (χ0n) is 20.7. The van der Waals surface area contributed by atoms with E-state index in [-0.39, 0.29) is 0 Å². The van der Waals surface area contributed by atoms with Crippen LogP contribution < -0.4 is 21.3 Å². The van der Waals surface area contributed by atoms with Crippen LogP contribution in [0.15, 0.2) is 140 Å². The third kappa shape index (κ3) is 6.09. The minimum Gasteiger partial charge on any atom is -0.340 e. The minimum atomic E-state index is -1.80. The van der Waals surface area contributed by atoms with Crippen LogP contribution >= 0.6 is 0 Å². The van der Waals surface area contributed by atoms with Gasteiger partial charge in [0.2, 0.25) is 6.71 Å². The molecular formula is C31H33BN2Si. The highest BCUT2D eigenvalue weighted by atomic mass is 28.3. The average Bonchev–Trinajstić information content (AvgIpc) is 3.47. The molecule has 35 heavy (non-hydrogen) atoms. The first-order chi connectivity index (χ1) is 17.2. The van der Waals surface area contributed by atoms with Crippen molar-refractivity contribution in [2.24, 2.45) is 0 Å². The molecule has 0 aliphatic rings. The fraction of sp³-hybridized carbons (Fsp3) is 0.129. The molecule has 0 aliphatic carbocycles. The molecule has 0 saturated heterocycles. The van der Waals surface area contributed by atoms with Crippen molar-refractivity contribution >= 4 is 36.1 Å². The lowest BCUT2D eigenvalue weighted by Crippen LogP contribution is -2.60. The van der Waals surface area contributed by atoms with Gasteiger partial charge in [-0.2, -0.15) is 0 Å². The first kappa shape index (κ1) is 24.5. The molecule has 0 unspecified atom stereocenters. The Morgan fingerprint density at radius 1 is 0.657 bits per heavy atom. The zero-order valence-corrected chi connectivity index (χ0v) is 21.7. The Balaban J connectivity index is 0.000000179. The van der Waals surface area contributed by atoms with E-state index in [4.69, 9.17) is 0 Å². The molecule has 1 aromatic heterocycles. The second kappa shape index (κ2) is 12.2. The van der Waals surface area contributed by atoms with Gasteiger partial charge in [0.25, 0.3) is 0 Å². The number of rotatable bonds is 7. The fourth-order valence-corrected chi connectivity index (χ4v) is 8.96. The van der Waals surface area contributed by atoms with Gasteiger partial charge in [0.05, 0.1) is 6.33 Å². The van der Waals surface area contributed by atoms with Crippen LogP contribution in [-0.4, -0.2) is 24.3 Å². The number of hydrogen-bond acceptors (Lipinski definition) is 1. The Morgan fingerprint density at radius 3 is 1.46 bits per heavy atom. The summed E-state index contributed by atoms with van der Waals surface area (Å²) in [4.78, 5) is 4.21. The molecule has 0 bridgehead atoms. The number of imidazole rings is 1. The Hall–Kier alpha value is -3.63. The molecule has 0 atom stereocenters. The van der Waals surface area contributed by atoms with Gasteiger partial charge < -0.3 is 4.57 Å². The van der Waals surface area contributed by atoms with Gasteiger partial charge in [-0.25, -0.2) is 4.98 Å². The Morgan fingerprint density at radius 2 is 1.09 bits per heavy atom. The molecule has 5 rings (SSSR count). The molecule has 1 heterocycles. The molecule has 4 aromatic carbocycles. The van der Waals surface area contributed by atoms with E-state index in [1.165, 1.54) is 27.3 Å². The van der Waals surface area contributed by atoms with E-state index in [0.29, 0.717) is 6.71 Å². The van der Waals surface area contributed by atoms with Gasteiger partial charge in [0.1, 0.15) is 8.07 Å². The summed E-state index contributed by atoms with van der Waals surface area (Å²) in [6.45, 7) is 5.05. The highest BCUT2D eigenvalue weighted by Gasteiger charge is 2.35. The van der Waals surface area contributed by atoms with Crippen molar-refractivity contribution in [1.29, 1.82) is 0 Å². The number of hydrogen-bond donors (Lipinski definition) is 0. The molecule has 0 amide bonds. The maximum Gasteiger partial charge on any atom is 0.206 e. The van der Waals surface area contributed by atoms with Gasteiger partial charge in [-0.1, -0.05) is 162 Å². The molecule has 174 valence electrons. The topological polar surface area (TPSA) is 17.8 Å². The van der Waals surface area contributed by atoms with E-state index < -0.39 is 8.07 Å². The summed E-state index contributed by atoms with van der Waals surface area (Å²) >= 11 is 0. The second-order valence-corrected chi connectivity index (χ2v) is 13.3. The van der Waals surface area contributed by atoms with Crippen LogP contribution in [0.2, 0.25) is 12.9 Å². The summed E-state index contributed by atoms with van der Waals surface area (Å²) in [5.74, 6) is 0. The fourth-order valence-electron chi connectivity index (χ4n) is 4.75. The molecule has 4 heteroatoms. The van der Waals surface area contributed by atoms with E-state index in [0.717, 1.165) is 6.17 Å². The summed E-state index contributed by atoms with van der Waals surface area (Å²) in [6, 6.07) is 44.4. The molecule has 0 radical (unpaired) electrons. The zero-order chi connectivity index (χ0) is 24.3. The lowest BCUT2D eigenvalue weighted by Gasteiger charge is -2.32. The monoisotopic (exact) mass is 472 g/mol. The van der Waals surface area contributed by atoms with E-state index in [1.54, 1.807) is 0 Å². The third-order valence-electron chi connectivity index (χ3n) is 6.87. The number of benzene rings is 4. The van der Waals surface area contributed by atoms with Gasteiger partial charge in [0.15, 0.2) is 0 Å². The lowest BCUT2D eigenvalue weighted by atomic mass is 9.43. The number of aromatic nitrogens is 2. The van der Waals surface area contributed by atoms with Gasteiger partial charge >= 0.3 is 0 Å². The van der Waals surface area contributed by atoms with Crippen molar-refractivity contribution in [3.05, 3.63) is 140 Å². The van der Waals surface area contributed by atoms with E-state index in [2.05, 4.69) is 151 Å². The maximum atomic E-state index is 4.21. The molecule has 0 fully saturated rings. The first-order valence-corrected chi connectivity index (χ1v) is 14.8. The van der Waals surface area contributed by atoms with Gasteiger partial charge in [-0.15, -0.1) is 0 Å². The van der Waals surface area contributed by atoms with Crippen molar-refractivity contribution in [2.75, 3.05) is 0 Å². The molecule has 0 N–H and O–H groups in total. The minimum absolute atomic E-state index is 0.484. The highest BCUT2D eigenvalue weighted by molar-refractivity contribution is 7.01.